The van der Waals surface area contributed by atoms with Crippen LogP contribution in [-0.4, -0.2) is 37.1 Å². The van der Waals surface area contributed by atoms with Gasteiger partial charge in [0.2, 0.25) is 0 Å². The van der Waals surface area contributed by atoms with Crippen molar-refractivity contribution in [2.45, 2.75) is 45.6 Å². The van der Waals surface area contributed by atoms with Crippen LogP contribution in [0.1, 0.15) is 39.5 Å². The number of nitrogens with one attached hydrogen (secondary N) is 1. The topological polar surface area (TPSA) is 15.3 Å². The van der Waals surface area contributed by atoms with Crippen molar-refractivity contribution in [3.05, 3.63) is 0 Å². The van der Waals surface area contributed by atoms with Crippen LogP contribution in [0.25, 0.3) is 0 Å². The normalized spacial score (nSPS) is 28.6. The van der Waals surface area contributed by atoms with Gasteiger partial charge in [-0.15, -0.1) is 0 Å². The van der Waals surface area contributed by atoms with Gasteiger partial charge in [0.15, 0.2) is 0 Å². The number of piperazine rings is 1. The molecule has 1 unspecified atom stereocenters. The van der Waals surface area contributed by atoms with Gasteiger partial charge in [0, 0.05) is 25.7 Å². The highest BCUT2D eigenvalue weighted by Gasteiger charge is 2.24. The molecule has 2 aliphatic rings. The predicted octanol–water partition coefficient (Wildman–Crippen LogP) is 2.11. The van der Waals surface area contributed by atoms with E-state index in [1.54, 1.807) is 0 Å². The molecule has 0 aromatic carbocycles. The first-order valence-electron chi connectivity index (χ1n) is 6.70. The molecule has 2 heteroatoms. The average molecular weight is 210 g/mol. The van der Waals surface area contributed by atoms with Crippen molar-refractivity contribution in [3.8, 4) is 0 Å². The van der Waals surface area contributed by atoms with Gasteiger partial charge in [0.05, 0.1) is 0 Å². The Labute approximate surface area is 94.4 Å². The number of hydrogen-bond acceptors (Lipinski definition) is 2. The summed E-state index contributed by atoms with van der Waals surface area (Å²) in [5, 5.41) is 3.64. The molecule has 1 aliphatic heterocycles. The van der Waals surface area contributed by atoms with Gasteiger partial charge in [-0.3, -0.25) is 0 Å². The Kier molecular flexibility index (Phi) is 4.04. The zero-order valence-corrected chi connectivity index (χ0v) is 10.3. The Hall–Kier alpha value is -0.0800. The lowest BCUT2D eigenvalue weighted by molar-refractivity contribution is 0.182. The molecule has 1 saturated carbocycles. The summed E-state index contributed by atoms with van der Waals surface area (Å²) in [5.74, 6) is 1.91. The van der Waals surface area contributed by atoms with Crippen LogP contribution in [0.5, 0.6) is 0 Å². The first-order chi connectivity index (χ1) is 7.24. The molecule has 0 aromatic rings. The van der Waals surface area contributed by atoms with Crippen molar-refractivity contribution < 1.29 is 0 Å². The van der Waals surface area contributed by atoms with Crippen LogP contribution in [0.3, 0.4) is 0 Å². The van der Waals surface area contributed by atoms with Gasteiger partial charge in [-0.25, -0.2) is 0 Å². The van der Waals surface area contributed by atoms with Crippen molar-refractivity contribution in [2.75, 3.05) is 26.2 Å². The van der Waals surface area contributed by atoms with Crippen LogP contribution in [-0.2, 0) is 0 Å². The van der Waals surface area contributed by atoms with Gasteiger partial charge < -0.3 is 10.2 Å². The Morgan fingerprint density at radius 3 is 2.80 bits per heavy atom. The SMILES string of the molecule is CC(C)CC1CN(CCC2CC2)CCN1. The maximum atomic E-state index is 3.64. The summed E-state index contributed by atoms with van der Waals surface area (Å²) < 4.78 is 0. The van der Waals surface area contributed by atoms with Crippen LogP contribution in [0.4, 0.5) is 0 Å². The minimum Gasteiger partial charge on any atom is -0.311 e. The number of rotatable bonds is 5. The minimum atomic E-state index is 0.748. The van der Waals surface area contributed by atoms with Crippen molar-refractivity contribution in [3.63, 3.8) is 0 Å². The van der Waals surface area contributed by atoms with E-state index < -0.39 is 0 Å². The van der Waals surface area contributed by atoms with Gasteiger partial charge in [-0.05, 0) is 31.2 Å². The third-order valence-corrected chi connectivity index (χ3v) is 3.65. The fourth-order valence-corrected chi connectivity index (χ4v) is 2.60. The summed E-state index contributed by atoms with van der Waals surface area (Å²) in [5.41, 5.74) is 0. The summed E-state index contributed by atoms with van der Waals surface area (Å²) in [7, 11) is 0. The van der Waals surface area contributed by atoms with Gasteiger partial charge >= 0.3 is 0 Å². The maximum Gasteiger partial charge on any atom is 0.0197 e. The highest BCUT2D eigenvalue weighted by atomic mass is 15.2. The van der Waals surface area contributed by atoms with Crippen molar-refractivity contribution in [2.24, 2.45) is 11.8 Å². The first-order valence-corrected chi connectivity index (χ1v) is 6.70. The van der Waals surface area contributed by atoms with E-state index in [1.165, 1.54) is 51.9 Å². The lowest BCUT2D eigenvalue weighted by Gasteiger charge is -2.34. The maximum absolute atomic E-state index is 3.64. The Balaban J connectivity index is 1.66. The van der Waals surface area contributed by atoms with E-state index in [2.05, 4.69) is 24.1 Å². The second-order valence-electron chi connectivity index (χ2n) is 5.81. The van der Waals surface area contributed by atoms with Crippen molar-refractivity contribution in [1.29, 1.82) is 0 Å². The molecule has 0 spiro atoms. The molecule has 1 heterocycles. The summed E-state index contributed by atoms with van der Waals surface area (Å²) in [4.78, 5) is 2.67. The minimum absolute atomic E-state index is 0.748. The summed E-state index contributed by atoms with van der Waals surface area (Å²) in [6.45, 7) is 9.74. The van der Waals surface area contributed by atoms with Gasteiger partial charge in [-0.1, -0.05) is 26.7 Å². The summed E-state index contributed by atoms with van der Waals surface area (Å²) in [6, 6.07) is 0.748. The Morgan fingerprint density at radius 2 is 2.13 bits per heavy atom. The second-order valence-corrected chi connectivity index (χ2v) is 5.81. The lowest BCUT2D eigenvalue weighted by atomic mass is 10.0. The number of hydrogen-bond donors (Lipinski definition) is 1. The molecule has 1 atom stereocenters. The summed E-state index contributed by atoms with van der Waals surface area (Å²) in [6.07, 6.45) is 5.79. The third kappa shape index (κ3) is 4.12. The van der Waals surface area contributed by atoms with Crippen LogP contribution in [0.15, 0.2) is 0 Å². The smallest absolute Gasteiger partial charge is 0.0197 e. The molecule has 15 heavy (non-hydrogen) atoms. The highest BCUT2D eigenvalue weighted by Crippen LogP contribution is 2.32. The molecule has 0 amide bonds. The molecule has 1 aliphatic carbocycles. The zero-order valence-electron chi connectivity index (χ0n) is 10.3. The molecule has 2 nitrogen and oxygen atoms in total. The van der Waals surface area contributed by atoms with E-state index in [-0.39, 0.29) is 0 Å². The molecule has 2 fully saturated rings. The summed E-state index contributed by atoms with van der Waals surface area (Å²) >= 11 is 0. The first kappa shape index (κ1) is 11.4. The lowest BCUT2D eigenvalue weighted by Crippen LogP contribution is -2.51. The standard InChI is InChI=1S/C13H26N2/c1-11(2)9-13-10-15(8-6-14-13)7-5-12-3-4-12/h11-14H,3-10H2,1-2H3. The van der Waals surface area contributed by atoms with Crippen molar-refractivity contribution in [1.82, 2.24) is 10.2 Å². The molecular formula is C13H26N2. The fraction of sp³-hybridized carbons (Fsp3) is 1.00. The van der Waals surface area contributed by atoms with Crippen molar-refractivity contribution >= 4 is 0 Å². The molecular weight excluding hydrogens is 184 g/mol. The van der Waals surface area contributed by atoms with Gasteiger partial charge in [0.1, 0.15) is 0 Å². The average Bonchev–Trinajstić information content (AvgIpc) is 2.97. The molecule has 0 bridgehead atoms. The van der Waals surface area contributed by atoms with E-state index in [4.69, 9.17) is 0 Å². The third-order valence-electron chi connectivity index (χ3n) is 3.65. The monoisotopic (exact) mass is 210 g/mol. The quantitative estimate of drug-likeness (QED) is 0.747. The van der Waals surface area contributed by atoms with E-state index in [0.29, 0.717) is 0 Å². The largest absolute Gasteiger partial charge is 0.311 e. The van der Waals surface area contributed by atoms with E-state index in [0.717, 1.165) is 17.9 Å². The molecule has 88 valence electrons. The Morgan fingerprint density at radius 1 is 1.33 bits per heavy atom. The molecule has 0 radical (unpaired) electrons. The Bertz CT molecular complexity index is 187. The predicted molar refractivity (Wildman–Crippen MR) is 65.0 cm³/mol. The van der Waals surface area contributed by atoms with E-state index >= 15 is 0 Å². The fourth-order valence-electron chi connectivity index (χ4n) is 2.60. The second kappa shape index (κ2) is 5.31. The molecule has 2 rings (SSSR count). The zero-order chi connectivity index (χ0) is 10.7. The van der Waals surface area contributed by atoms with Crippen LogP contribution in [0, 0.1) is 11.8 Å². The van der Waals surface area contributed by atoms with E-state index in [9.17, 15) is 0 Å². The highest BCUT2D eigenvalue weighted by molar-refractivity contribution is 4.81. The van der Waals surface area contributed by atoms with E-state index in [1.807, 2.05) is 0 Å². The molecule has 1 saturated heterocycles. The van der Waals surface area contributed by atoms with Crippen LogP contribution >= 0.6 is 0 Å². The van der Waals surface area contributed by atoms with Gasteiger partial charge in [0.25, 0.3) is 0 Å². The van der Waals surface area contributed by atoms with Crippen LogP contribution in [0.2, 0.25) is 0 Å². The van der Waals surface area contributed by atoms with Gasteiger partial charge in [-0.2, -0.15) is 0 Å². The number of nitrogens with zero attached hydrogens (tertiary/aromatic N) is 1. The van der Waals surface area contributed by atoms with Crippen LogP contribution < -0.4 is 5.32 Å². The molecule has 1 N–H and O–H groups in total. The molecule has 0 aromatic heterocycles.